The summed E-state index contributed by atoms with van der Waals surface area (Å²) in [7, 11) is 0. The zero-order chi connectivity index (χ0) is 16.2. The van der Waals surface area contributed by atoms with Gasteiger partial charge in [0.2, 0.25) is 0 Å². The van der Waals surface area contributed by atoms with E-state index < -0.39 is 12.1 Å². The summed E-state index contributed by atoms with van der Waals surface area (Å²) in [4.78, 5) is 31.3. The van der Waals surface area contributed by atoms with Crippen LogP contribution in [0.25, 0.3) is 0 Å². The predicted octanol–water partition coefficient (Wildman–Crippen LogP) is 4.20. The number of carbonyl (C=O) groups is 2. The lowest BCUT2D eigenvalue weighted by atomic mass is 10.1. The van der Waals surface area contributed by atoms with E-state index in [1.54, 1.807) is 37.3 Å². The molecule has 0 radical (unpaired) electrons. The minimum Gasteiger partial charge on any atom is -0.429 e. The molecule has 22 heavy (non-hydrogen) atoms. The quantitative estimate of drug-likeness (QED) is 0.294. The van der Waals surface area contributed by atoms with Crippen molar-refractivity contribution >= 4 is 12.1 Å². The van der Waals surface area contributed by atoms with Gasteiger partial charge in [-0.2, -0.15) is 0 Å². The van der Waals surface area contributed by atoms with Crippen LogP contribution in [0, 0.1) is 0 Å². The van der Waals surface area contributed by atoms with E-state index in [1.807, 2.05) is 0 Å². The van der Waals surface area contributed by atoms with Gasteiger partial charge in [-0.05, 0) is 31.9 Å². The average molecular weight is 310 g/mol. The standard InChI is InChI=1S/C16H22O6/c1-3-4-5-7-10-13(2)19-16(18)21-22-20-15(17)14-11-8-6-9-12-14/h6,8-9,11-13H,3-5,7,10H2,1-2H3. The minimum absolute atomic E-state index is 0.280. The van der Waals surface area contributed by atoms with Crippen LogP contribution in [-0.2, 0) is 19.6 Å². The van der Waals surface area contributed by atoms with Crippen molar-refractivity contribution < 1.29 is 29.1 Å². The maximum atomic E-state index is 11.5. The Morgan fingerprint density at radius 1 is 1.05 bits per heavy atom. The molecule has 1 rings (SSSR count). The van der Waals surface area contributed by atoms with Gasteiger partial charge >= 0.3 is 12.1 Å². The Balaban J connectivity index is 2.14. The number of unbranched alkanes of at least 4 members (excludes halogenated alkanes) is 3. The van der Waals surface area contributed by atoms with E-state index in [0.29, 0.717) is 0 Å². The smallest absolute Gasteiger partial charge is 0.429 e. The molecule has 0 aliphatic heterocycles. The molecular formula is C16H22O6. The molecule has 0 saturated carbocycles. The third-order valence-corrected chi connectivity index (χ3v) is 2.98. The van der Waals surface area contributed by atoms with Crippen LogP contribution in [0.4, 0.5) is 4.79 Å². The van der Waals surface area contributed by atoms with Crippen LogP contribution < -0.4 is 0 Å². The normalized spacial score (nSPS) is 11.5. The van der Waals surface area contributed by atoms with Gasteiger partial charge in [0.25, 0.3) is 0 Å². The first kappa shape index (κ1) is 18.0. The molecule has 0 N–H and O–H groups in total. The van der Waals surface area contributed by atoms with Crippen molar-refractivity contribution in [3.63, 3.8) is 0 Å². The highest BCUT2D eigenvalue weighted by Crippen LogP contribution is 2.09. The van der Waals surface area contributed by atoms with Crippen molar-refractivity contribution in [2.75, 3.05) is 0 Å². The Hall–Kier alpha value is -2.08. The highest BCUT2D eigenvalue weighted by atomic mass is 17.5. The summed E-state index contributed by atoms with van der Waals surface area (Å²) >= 11 is 0. The molecule has 1 aromatic carbocycles. The first-order chi connectivity index (χ1) is 10.6. The lowest BCUT2D eigenvalue weighted by molar-refractivity contribution is -0.452. The van der Waals surface area contributed by atoms with E-state index in [-0.39, 0.29) is 11.7 Å². The molecule has 0 bridgehead atoms. The van der Waals surface area contributed by atoms with Gasteiger partial charge < -0.3 is 4.74 Å². The molecule has 122 valence electrons. The molecule has 1 atom stereocenters. The monoisotopic (exact) mass is 310 g/mol. The lowest BCUT2D eigenvalue weighted by Gasteiger charge is -2.11. The molecule has 0 saturated heterocycles. The molecule has 6 heteroatoms. The molecule has 0 amide bonds. The molecule has 0 aliphatic rings. The zero-order valence-electron chi connectivity index (χ0n) is 12.9. The Bertz CT molecular complexity index is 445. The Morgan fingerprint density at radius 2 is 1.77 bits per heavy atom. The molecule has 1 aromatic rings. The molecule has 6 nitrogen and oxygen atoms in total. The van der Waals surface area contributed by atoms with Crippen LogP contribution in [-0.4, -0.2) is 18.2 Å². The molecule has 0 aromatic heterocycles. The highest BCUT2D eigenvalue weighted by molar-refractivity contribution is 5.88. The predicted molar refractivity (Wildman–Crippen MR) is 78.7 cm³/mol. The maximum absolute atomic E-state index is 11.5. The van der Waals surface area contributed by atoms with Gasteiger partial charge in [0, 0.05) is 0 Å². The topological polar surface area (TPSA) is 71.1 Å². The van der Waals surface area contributed by atoms with Crippen molar-refractivity contribution in [1.29, 1.82) is 0 Å². The van der Waals surface area contributed by atoms with Gasteiger partial charge in [-0.25, -0.2) is 14.5 Å². The first-order valence-electron chi connectivity index (χ1n) is 7.44. The van der Waals surface area contributed by atoms with Crippen molar-refractivity contribution in [1.82, 2.24) is 0 Å². The Morgan fingerprint density at radius 3 is 2.45 bits per heavy atom. The SMILES string of the molecule is CCCCCCC(C)OC(=O)OOOC(=O)c1ccccc1. The van der Waals surface area contributed by atoms with Crippen LogP contribution in [0.3, 0.4) is 0 Å². The summed E-state index contributed by atoms with van der Waals surface area (Å²) < 4.78 is 4.94. The molecular weight excluding hydrogens is 288 g/mol. The molecule has 0 aliphatic carbocycles. The van der Waals surface area contributed by atoms with Gasteiger partial charge in [-0.1, -0.05) is 44.4 Å². The third kappa shape index (κ3) is 7.64. The lowest BCUT2D eigenvalue weighted by Crippen LogP contribution is -2.17. The second-order valence-electron chi connectivity index (χ2n) is 4.92. The summed E-state index contributed by atoms with van der Waals surface area (Å²) in [5.41, 5.74) is 0.281. The first-order valence-corrected chi connectivity index (χ1v) is 7.44. The fourth-order valence-corrected chi connectivity index (χ4v) is 1.80. The van der Waals surface area contributed by atoms with E-state index >= 15 is 0 Å². The Kier molecular flexibility index (Phi) is 8.67. The minimum atomic E-state index is -1.04. The van der Waals surface area contributed by atoms with Gasteiger partial charge in [-0.3, -0.25) is 4.89 Å². The van der Waals surface area contributed by atoms with Gasteiger partial charge in [-0.15, -0.1) is 0 Å². The zero-order valence-corrected chi connectivity index (χ0v) is 12.9. The van der Waals surface area contributed by atoms with Crippen LogP contribution >= 0.6 is 0 Å². The van der Waals surface area contributed by atoms with Crippen LogP contribution in [0.15, 0.2) is 30.3 Å². The number of hydrogen-bond donors (Lipinski definition) is 0. The van der Waals surface area contributed by atoms with Crippen molar-refractivity contribution in [2.45, 2.75) is 52.1 Å². The van der Waals surface area contributed by atoms with Crippen LogP contribution in [0.2, 0.25) is 0 Å². The summed E-state index contributed by atoms with van der Waals surface area (Å²) in [6.07, 6.45) is 3.82. The van der Waals surface area contributed by atoms with Crippen molar-refractivity contribution in [3.8, 4) is 0 Å². The van der Waals surface area contributed by atoms with Gasteiger partial charge in [0.15, 0.2) is 0 Å². The van der Waals surface area contributed by atoms with Gasteiger partial charge in [0.05, 0.1) is 10.6 Å². The second kappa shape index (κ2) is 10.6. The van der Waals surface area contributed by atoms with E-state index in [9.17, 15) is 9.59 Å². The van der Waals surface area contributed by atoms with E-state index in [1.165, 1.54) is 0 Å². The van der Waals surface area contributed by atoms with E-state index in [4.69, 9.17) is 4.74 Å². The fourth-order valence-electron chi connectivity index (χ4n) is 1.80. The summed E-state index contributed by atoms with van der Waals surface area (Å²) in [6.45, 7) is 3.90. The Labute approximate surface area is 130 Å². The molecule has 1 unspecified atom stereocenters. The van der Waals surface area contributed by atoms with E-state index in [0.717, 1.165) is 32.1 Å². The maximum Gasteiger partial charge on any atom is 0.543 e. The molecule has 0 spiro atoms. The van der Waals surface area contributed by atoms with E-state index in [2.05, 4.69) is 21.7 Å². The fraction of sp³-hybridized carbons (Fsp3) is 0.500. The number of ether oxygens (including phenoxy) is 1. The van der Waals surface area contributed by atoms with Gasteiger partial charge in [0.1, 0.15) is 6.10 Å². The highest BCUT2D eigenvalue weighted by Gasteiger charge is 2.14. The van der Waals surface area contributed by atoms with Crippen LogP contribution in [0.5, 0.6) is 0 Å². The van der Waals surface area contributed by atoms with Crippen LogP contribution in [0.1, 0.15) is 56.3 Å². The molecule has 0 heterocycles. The summed E-state index contributed by atoms with van der Waals surface area (Å²) in [5.74, 6) is -0.763. The molecule has 0 fully saturated rings. The number of rotatable bonds is 9. The van der Waals surface area contributed by atoms with Crippen molar-refractivity contribution in [2.24, 2.45) is 0 Å². The third-order valence-electron chi connectivity index (χ3n) is 2.98. The number of hydrogen-bond acceptors (Lipinski definition) is 6. The number of benzene rings is 1. The van der Waals surface area contributed by atoms with Crippen molar-refractivity contribution in [3.05, 3.63) is 35.9 Å². The number of carbonyl (C=O) groups excluding carboxylic acids is 2. The second-order valence-corrected chi connectivity index (χ2v) is 4.92. The largest absolute Gasteiger partial charge is 0.543 e. The summed E-state index contributed by atoms with van der Waals surface area (Å²) in [5, 5.41) is 4.13. The summed E-state index contributed by atoms with van der Waals surface area (Å²) in [6, 6.07) is 8.19. The average Bonchev–Trinajstić information content (AvgIpc) is 2.52.